The lowest BCUT2D eigenvalue weighted by molar-refractivity contribution is -0.144. The molecule has 0 N–H and O–H groups in total. The zero-order chi connectivity index (χ0) is 26.1. The predicted octanol–water partition coefficient (Wildman–Crippen LogP) is 5.97. The largest absolute Gasteiger partial charge is 0.462 e. The molecule has 5 rings (SSSR count). The fourth-order valence-corrected chi connectivity index (χ4v) is 6.87. The maximum absolute atomic E-state index is 13.6. The molecule has 1 aliphatic heterocycles. The molecule has 0 radical (unpaired) electrons. The van der Waals surface area contributed by atoms with Crippen LogP contribution in [0.2, 0.25) is 0 Å². The Balaban J connectivity index is 1.35. The smallest absolute Gasteiger partial charge is 0.409 e. The van der Waals surface area contributed by atoms with Crippen LogP contribution in [0.1, 0.15) is 45.2 Å². The van der Waals surface area contributed by atoms with Crippen LogP contribution in [0.25, 0.3) is 17.2 Å². The van der Waals surface area contributed by atoms with Gasteiger partial charge in [0.2, 0.25) is 0 Å². The summed E-state index contributed by atoms with van der Waals surface area (Å²) in [6.45, 7) is 4.19. The first kappa shape index (κ1) is 25.4. The van der Waals surface area contributed by atoms with Gasteiger partial charge in [-0.3, -0.25) is 9.78 Å². The Morgan fingerprint density at radius 1 is 1.22 bits per heavy atom. The van der Waals surface area contributed by atoms with Crippen molar-refractivity contribution in [2.75, 3.05) is 13.7 Å². The summed E-state index contributed by atoms with van der Waals surface area (Å²) in [5.41, 5.74) is 2.48. The molecule has 7 heteroatoms. The molecule has 37 heavy (non-hydrogen) atoms. The Labute approximate surface area is 217 Å². The van der Waals surface area contributed by atoms with Gasteiger partial charge in [-0.05, 0) is 87.1 Å². The molecule has 2 saturated carbocycles. The van der Waals surface area contributed by atoms with Crippen molar-refractivity contribution >= 4 is 18.1 Å². The minimum absolute atomic E-state index is 0.0900. The molecule has 1 unspecified atom stereocenters. The first-order valence-corrected chi connectivity index (χ1v) is 13.4. The molecular weight excluding hydrogens is 471 g/mol. The number of esters is 1. The maximum Gasteiger partial charge on any atom is 0.409 e. The Morgan fingerprint density at radius 2 is 2.05 bits per heavy atom. The molecule has 3 aliphatic rings. The van der Waals surface area contributed by atoms with Gasteiger partial charge in [-0.15, -0.1) is 0 Å². The van der Waals surface area contributed by atoms with Crippen molar-refractivity contribution in [3.8, 4) is 11.1 Å². The molecular formula is C30H35FN2O4. The van der Waals surface area contributed by atoms with Crippen LogP contribution in [0.5, 0.6) is 0 Å². The van der Waals surface area contributed by atoms with E-state index in [1.54, 1.807) is 17.2 Å². The normalized spacial score (nSPS) is 30.9. The number of hydrogen-bond acceptors (Lipinski definition) is 5. The SMILES string of the molecule is CCOC(=O)N(C)C1CC[C@@H]2[C@@H](C1)C[C@H]1C(=O)O[C@H](C)[C@H]1[C@H]2C=Cc1ccc(-c2cccc(F)c2)cn1. The van der Waals surface area contributed by atoms with Crippen molar-refractivity contribution in [3.63, 3.8) is 0 Å². The summed E-state index contributed by atoms with van der Waals surface area (Å²) in [6, 6.07) is 10.5. The monoisotopic (exact) mass is 506 g/mol. The second kappa shape index (κ2) is 10.6. The van der Waals surface area contributed by atoms with Crippen molar-refractivity contribution in [2.24, 2.45) is 29.6 Å². The van der Waals surface area contributed by atoms with Gasteiger partial charge in [-0.25, -0.2) is 9.18 Å². The zero-order valence-electron chi connectivity index (χ0n) is 21.7. The lowest BCUT2D eigenvalue weighted by Crippen LogP contribution is -2.48. The van der Waals surface area contributed by atoms with Gasteiger partial charge in [0, 0.05) is 30.8 Å². The van der Waals surface area contributed by atoms with Crippen molar-refractivity contribution in [3.05, 3.63) is 60.2 Å². The van der Waals surface area contributed by atoms with E-state index in [1.165, 1.54) is 12.1 Å². The fraction of sp³-hybridized carbons (Fsp3) is 0.500. The van der Waals surface area contributed by atoms with E-state index in [0.29, 0.717) is 18.4 Å². The number of rotatable bonds is 5. The average molecular weight is 507 g/mol. The number of amides is 1. The number of hydrogen-bond donors (Lipinski definition) is 0. The third kappa shape index (κ3) is 5.13. The number of aromatic nitrogens is 1. The van der Waals surface area contributed by atoms with Crippen molar-refractivity contribution in [2.45, 2.75) is 51.7 Å². The molecule has 2 aromatic rings. The molecule has 1 amide bonds. The molecule has 7 atom stereocenters. The standard InChI is InChI=1S/C30H35FN2O4/c1-4-36-30(35)33(3)24-11-13-25-21(15-24)16-27-28(18(2)37-29(27)34)26(25)12-10-23-9-8-20(17-32-23)19-6-5-7-22(31)14-19/h5-10,12,14,17-18,21,24-28H,4,11,13,15-16H2,1-3H3/t18-,21+,24?,25-,26+,27-,28+/m1/s1. The van der Waals surface area contributed by atoms with Crippen LogP contribution in [0.4, 0.5) is 9.18 Å². The summed E-state index contributed by atoms with van der Waals surface area (Å²) in [5, 5.41) is 0. The van der Waals surface area contributed by atoms with E-state index in [4.69, 9.17) is 9.47 Å². The Bertz CT molecular complexity index is 1170. The summed E-state index contributed by atoms with van der Waals surface area (Å²) in [6.07, 6.45) is 9.24. The third-order valence-electron chi connectivity index (χ3n) is 8.66. The number of nitrogens with zero attached hydrogens (tertiary/aromatic N) is 2. The topological polar surface area (TPSA) is 68.7 Å². The molecule has 0 bridgehead atoms. The van der Waals surface area contributed by atoms with Crippen molar-refractivity contribution in [1.29, 1.82) is 0 Å². The quantitative estimate of drug-likeness (QED) is 0.467. The number of ether oxygens (including phenoxy) is 2. The number of pyridine rings is 1. The molecule has 0 spiro atoms. The van der Waals surface area contributed by atoms with E-state index < -0.39 is 0 Å². The van der Waals surface area contributed by atoms with E-state index in [-0.39, 0.29) is 47.8 Å². The van der Waals surface area contributed by atoms with Gasteiger partial charge in [0.1, 0.15) is 11.9 Å². The van der Waals surface area contributed by atoms with Gasteiger partial charge in [0.05, 0.1) is 18.2 Å². The minimum atomic E-state index is -0.280. The molecule has 1 aromatic carbocycles. The van der Waals surface area contributed by atoms with E-state index in [2.05, 4.69) is 11.1 Å². The highest BCUT2D eigenvalue weighted by Gasteiger charge is 2.54. The van der Waals surface area contributed by atoms with E-state index in [0.717, 1.165) is 42.5 Å². The Hall–Kier alpha value is -3.22. The summed E-state index contributed by atoms with van der Waals surface area (Å²) >= 11 is 0. The summed E-state index contributed by atoms with van der Waals surface area (Å²) in [5.74, 6) is 0.641. The third-order valence-corrected chi connectivity index (χ3v) is 8.66. The van der Waals surface area contributed by atoms with E-state index >= 15 is 0 Å². The first-order chi connectivity index (χ1) is 17.9. The molecule has 1 saturated heterocycles. The van der Waals surface area contributed by atoms with E-state index in [1.807, 2.05) is 45.2 Å². The molecule has 1 aromatic heterocycles. The number of carbonyl (C=O) groups excluding carboxylic acids is 2. The predicted molar refractivity (Wildman–Crippen MR) is 139 cm³/mol. The molecule has 2 heterocycles. The highest BCUT2D eigenvalue weighted by atomic mass is 19.1. The minimum Gasteiger partial charge on any atom is -0.462 e. The zero-order valence-corrected chi connectivity index (χ0v) is 21.7. The molecule has 3 fully saturated rings. The van der Waals surface area contributed by atoms with Crippen LogP contribution in [-0.2, 0) is 14.3 Å². The number of fused-ring (bicyclic) bond motifs is 2. The second-order valence-electron chi connectivity index (χ2n) is 10.7. The van der Waals surface area contributed by atoms with Crippen LogP contribution in [0.3, 0.4) is 0 Å². The number of halogens is 1. The van der Waals surface area contributed by atoms with Crippen LogP contribution in [0, 0.1) is 35.4 Å². The molecule has 6 nitrogen and oxygen atoms in total. The lowest BCUT2D eigenvalue weighted by Gasteiger charge is -2.48. The second-order valence-corrected chi connectivity index (χ2v) is 10.7. The average Bonchev–Trinajstić information content (AvgIpc) is 3.19. The lowest BCUT2D eigenvalue weighted by atomic mass is 9.56. The first-order valence-electron chi connectivity index (χ1n) is 13.4. The van der Waals surface area contributed by atoms with Crippen molar-refractivity contribution in [1.82, 2.24) is 9.88 Å². The van der Waals surface area contributed by atoms with Gasteiger partial charge >= 0.3 is 12.1 Å². The Kier molecular flexibility index (Phi) is 7.31. The van der Waals surface area contributed by atoms with Gasteiger partial charge in [-0.2, -0.15) is 0 Å². The summed E-state index contributed by atoms with van der Waals surface area (Å²) in [7, 11) is 1.82. The number of benzene rings is 1. The summed E-state index contributed by atoms with van der Waals surface area (Å²) < 4.78 is 24.5. The van der Waals surface area contributed by atoms with Crippen LogP contribution in [-0.4, -0.2) is 47.7 Å². The van der Waals surface area contributed by atoms with E-state index in [9.17, 15) is 14.0 Å². The highest BCUT2D eigenvalue weighted by molar-refractivity contribution is 5.75. The summed E-state index contributed by atoms with van der Waals surface area (Å²) in [4.78, 5) is 31.4. The number of allylic oxidation sites excluding steroid dienone is 1. The Morgan fingerprint density at radius 3 is 2.78 bits per heavy atom. The van der Waals surface area contributed by atoms with Gasteiger partial charge in [0.15, 0.2) is 0 Å². The highest BCUT2D eigenvalue weighted by Crippen LogP contribution is 2.54. The fourth-order valence-electron chi connectivity index (χ4n) is 6.87. The number of cyclic esters (lactones) is 1. The van der Waals surface area contributed by atoms with Crippen LogP contribution < -0.4 is 0 Å². The van der Waals surface area contributed by atoms with Crippen LogP contribution >= 0.6 is 0 Å². The maximum atomic E-state index is 13.6. The van der Waals surface area contributed by atoms with Gasteiger partial charge in [0.25, 0.3) is 0 Å². The molecule has 2 aliphatic carbocycles. The van der Waals surface area contributed by atoms with Crippen molar-refractivity contribution < 1.29 is 23.5 Å². The van der Waals surface area contributed by atoms with Gasteiger partial charge < -0.3 is 14.4 Å². The van der Waals surface area contributed by atoms with Crippen LogP contribution in [0.15, 0.2) is 48.7 Å². The van der Waals surface area contributed by atoms with Gasteiger partial charge in [-0.1, -0.05) is 24.3 Å². The number of carbonyl (C=O) groups is 2. The molecule has 196 valence electrons.